The SMILES string of the molecule is C=Cc1cc(OC)c(Oc2cccc(F)n2)cc1F.CCO.CCc1cc(OC)c(Oc2cccc(F)n2)cc1F. The lowest BCUT2D eigenvalue weighted by atomic mass is 10.1. The van der Waals surface area contributed by atoms with Gasteiger partial charge in [-0.1, -0.05) is 31.7 Å². The number of pyridine rings is 2. The number of aliphatic hydroxyl groups excluding tert-OH is 1. The zero-order valence-electron chi connectivity index (χ0n) is 23.0. The molecule has 0 aliphatic carbocycles. The van der Waals surface area contributed by atoms with E-state index in [1.54, 1.807) is 13.0 Å². The van der Waals surface area contributed by atoms with Crippen molar-refractivity contribution in [2.24, 2.45) is 0 Å². The molecule has 0 unspecified atom stereocenters. The number of aliphatic hydroxyl groups is 1. The van der Waals surface area contributed by atoms with Gasteiger partial charge in [-0.15, -0.1) is 0 Å². The second-order valence-electron chi connectivity index (χ2n) is 7.79. The highest BCUT2D eigenvalue weighted by Crippen LogP contribution is 2.34. The third-order valence-electron chi connectivity index (χ3n) is 5.02. The van der Waals surface area contributed by atoms with Crippen molar-refractivity contribution in [1.29, 1.82) is 0 Å². The number of nitrogens with zero attached hydrogens (tertiary/aromatic N) is 2. The molecule has 0 radical (unpaired) electrons. The maximum absolute atomic E-state index is 13.7. The highest BCUT2D eigenvalue weighted by atomic mass is 19.1. The van der Waals surface area contributed by atoms with E-state index in [-0.39, 0.29) is 35.4 Å². The van der Waals surface area contributed by atoms with Gasteiger partial charge in [-0.3, -0.25) is 0 Å². The minimum atomic E-state index is -0.681. The third-order valence-corrected chi connectivity index (χ3v) is 5.02. The number of benzene rings is 2. The number of hydrogen-bond acceptors (Lipinski definition) is 7. The number of rotatable bonds is 8. The van der Waals surface area contributed by atoms with Crippen LogP contribution in [0.1, 0.15) is 25.0 Å². The van der Waals surface area contributed by atoms with Gasteiger partial charge in [-0.25, -0.2) is 8.78 Å². The number of hydrogen-bond donors (Lipinski definition) is 1. The molecule has 0 saturated carbocycles. The van der Waals surface area contributed by atoms with Crippen LogP contribution in [0.5, 0.6) is 34.8 Å². The molecule has 0 amide bonds. The van der Waals surface area contributed by atoms with Crippen LogP contribution in [0.15, 0.2) is 67.2 Å². The Balaban J connectivity index is 0.000000262. The maximum Gasteiger partial charge on any atom is 0.222 e. The van der Waals surface area contributed by atoms with Gasteiger partial charge in [0.15, 0.2) is 23.0 Å². The fourth-order valence-electron chi connectivity index (χ4n) is 3.15. The highest BCUT2D eigenvalue weighted by Gasteiger charge is 2.13. The van der Waals surface area contributed by atoms with E-state index in [2.05, 4.69) is 16.5 Å². The van der Waals surface area contributed by atoms with E-state index in [1.165, 1.54) is 68.8 Å². The van der Waals surface area contributed by atoms with Crippen molar-refractivity contribution in [3.05, 3.63) is 102 Å². The Labute approximate surface area is 235 Å². The Kier molecular flexibility index (Phi) is 13.1. The standard InChI is InChI=1S/C14H13F2NO2.C14H11F2NO2.C2H6O/c2*1-3-9-7-11(18-2)12(8-10(9)15)19-14-6-4-5-13(16)17-14;1-2-3/h4-8H,3H2,1-2H3;3-8H,1H2,2H3;3H,2H2,1H3. The van der Waals surface area contributed by atoms with Crippen molar-refractivity contribution in [2.75, 3.05) is 20.8 Å². The molecule has 2 heterocycles. The first kappa shape index (κ1) is 32.6. The molecule has 0 fully saturated rings. The molecule has 2 aromatic carbocycles. The molecule has 1 N–H and O–H groups in total. The largest absolute Gasteiger partial charge is 0.493 e. The van der Waals surface area contributed by atoms with E-state index in [9.17, 15) is 17.6 Å². The Morgan fingerprint density at radius 3 is 1.61 bits per heavy atom. The molecule has 4 aromatic rings. The summed E-state index contributed by atoms with van der Waals surface area (Å²) in [5.41, 5.74) is 0.813. The van der Waals surface area contributed by atoms with Crippen LogP contribution in [0, 0.1) is 23.5 Å². The van der Waals surface area contributed by atoms with E-state index >= 15 is 0 Å². The fraction of sp³-hybridized carbons (Fsp3) is 0.200. The smallest absolute Gasteiger partial charge is 0.222 e. The minimum absolute atomic E-state index is 0.0176. The second-order valence-corrected chi connectivity index (χ2v) is 7.79. The monoisotopic (exact) mass is 574 g/mol. The lowest BCUT2D eigenvalue weighted by Gasteiger charge is -2.11. The summed E-state index contributed by atoms with van der Waals surface area (Å²) >= 11 is 0. The van der Waals surface area contributed by atoms with Crippen molar-refractivity contribution >= 4 is 6.08 Å². The second kappa shape index (κ2) is 16.5. The van der Waals surface area contributed by atoms with E-state index in [4.69, 9.17) is 24.1 Å². The highest BCUT2D eigenvalue weighted by molar-refractivity contribution is 5.56. The molecule has 41 heavy (non-hydrogen) atoms. The molecule has 7 nitrogen and oxygen atoms in total. The number of aromatic nitrogens is 2. The third kappa shape index (κ3) is 9.80. The number of ether oxygens (including phenoxy) is 4. The molecule has 0 aliphatic rings. The molecular formula is C30H30F4N2O5. The summed E-state index contributed by atoms with van der Waals surface area (Å²) in [4.78, 5) is 7.08. The average Bonchev–Trinajstić information content (AvgIpc) is 2.94. The van der Waals surface area contributed by atoms with Crippen molar-refractivity contribution in [3.63, 3.8) is 0 Å². The van der Waals surface area contributed by atoms with E-state index in [1.807, 2.05) is 6.92 Å². The van der Waals surface area contributed by atoms with Gasteiger partial charge >= 0.3 is 0 Å². The molecule has 11 heteroatoms. The molecule has 0 spiro atoms. The van der Waals surface area contributed by atoms with Crippen molar-refractivity contribution in [3.8, 4) is 34.8 Å². The first-order valence-corrected chi connectivity index (χ1v) is 12.3. The number of aryl methyl sites for hydroxylation is 1. The summed E-state index contributed by atoms with van der Waals surface area (Å²) in [7, 11) is 2.88. The predicted octanol–water partition coefficient (Wildman–Crippen LogP) is 7.53. The van der Waals surface area contributed by atoms with Gasteiger partial charge in [0.05, 0.1) is 14.2 Å². The van der Waals surface area contributed by atoms with Crippen molar-refractivity contribution in [1.82, 2.24) is 9.97 Å². The quantitative estimate of drug-likeness (QED) is 0.172. The number of halogens is 4. The maximum atomic E-state index is 13.7. The Bertz CT molecular complexity index is 1440. The molecule has 0 bridgehead atoms. The van der Waals surface area contributed by atoms with Crippen molar-refractivity contribution < 1.29 is 41.6 Å². The molecule has 2 aromatic heterocycles. The fourth-order valence-corrected chi connectivity index (χ4v) is 3.15. The van der Waals surface area contributed by atoms with E-state index in [0.29, 0.717) is 23.5 Å². The predicted molar refractivity (Wildman–Crippen MR) is 147 cm³/mol. The van der Waals surface area contributed by atoms with Gasteiger partial charge in [0.1, 0.15) is 11.6 Å². The van der Waals surface area contributed by atoms with Crippen molar-refractivity contribution in [2.45, 2.75) is 20.3 Å². The Morgan fingerprint density at radius 1 is 0.732 bits per heavy atom. The molecular weight excluding hydrogens is 544 g/mol. The number of methoxy groups -OCH3 is 2. The summed E-state index contributed by atoms with van der Waals surface area (Å²) in [6, 6.07) is 13.6. The molecule has 0 saturated heterocycles. The zero-order chi connectivity index (χ0) is 30.4. The summed E-state index contributed by atoms with van der Waals surface area (Å²) in [6.07, 6.45) is 1.91. The summed E-state index contributed by atoms with van der Waals surface area (Å²) in [5.74, 6) is -1.23. The van der Waals surface area contributed by atoms with Crippen LogP contribution in [-0.2, 0) is 6.42 Å². The molecule has 218 valence electrons. The van der Waals surface area contributed by atoms with Gasteiger partial charge in [0, 0.05) is 36.4 Å². The lowest BCUT2D eigenvalue weighted by molar-refractivity contribution is 0.318. The van der Waals surface area contributed by atoms with Crippen LogP contribution < -0.4 is 18.9 Å². The Hall–Kier alpha value is -4.64. The van der Waals surface area contributed by atoms with Crippen LogP contribution in [0.3, 0.4) is 0 Å². The summed E-state index contributed by atoms with van der Waals surface area (Å²) in [5, 5.41) is 7.57. The van der Waals surface area contributed by atoms with E-state index < -0.39 is 23.5 Å². The summed E-state index contributed by atoms with van der Waals surface area (Å²) in [6.45, 7) is 7.26. The molecule has 0 aliphatic heterocycles. The van der Waals surface area contributed by atoms with Crippen LogP contribution in [0.2, 0.25) is 0 Å². The van der Waals surface area contributed by atoms with E-state index in [0.717, 1.165) is 6.07 Å². The van der Waals surface area contributed by atoms with Crippen LogP contribution in [0.4, 0.5) is 17.6 Å². The molecule has 0 atom stereocenters. The van der Waals surface area contributed by atoms with Crippen LogP contribution in [-0.4, -0.2) is 35.9 Å². The van der Waals surface area contributed by atoms with Gasteiger partial charge < -0.3 is 24.1 Å². The van der Waals surface area contributed by atoms with Gasteiger partial charge in [0.25, 0.3) is 0 Å². The normalized spacial score (nSPS) is 9.88. The Morgan fingerprint density at radius 2 is 1.20 bits per heavy atom. The lowest BCUT2D eigenvalue weighted by Crippen LogP contribution is -1.97. The topological polar surface area (TPSA) is 82.9 Å². The van der Waals surface area contributed by atoms with Crippen LogP contribution in [0.25, 0.3) is 6.08 Å². The summed E-state index contributed by atoms with van der Waals surface area (Å²) < 4.78 is 74.1. The van der Waals surface area contributed by atoms with Crippen LogP contribution >= 0.6 is 0 Å². The van der Waals surface area contributed by atoms with Gasteiger partial charge in [0.2, 0.25) is 23.7 Å². The zero-order valence-corrected chi connectivity index (χ0v) is 23.0. The average molecular weight is 575 g/mol. The minimum Gasteiger partial charge on any atom is -0.493 e. The molecule has 4 rings (SSSR count). The first-order valence-electron chi connectivity index (χ1n) is 12.3. The first-order chi connectivity index (χ1) is 19.7. The van der Waals surface area contributed by atoms with Gasteiger partial charge in [-0.05, 0) is 43.2 Å². The van der Waals surface area contributed by atoms with Gasteiger partial charge in [-0.2, -0.15) is 18.7 Å².